The number of hydrogen-bond acceptors (Lipinski definition) is 3. The van der Waals surface area contributed by atoms with Gasteiger partial charge in [-0.3, -0.25) is 9.59 Å². The van der Waals surface area contributed by atoms with Crippen LogP contribution in [0.1, 0.15) is 65.2 Å². The van der Waals surface area contributed by atoms with Crippen molar-refractivity contribution in [3.63, 3.8) is 0 Å². The molecule has 0 aliphatic carbocycles. The Kier molecular flexibility index (Phi) is 11.7. The fourth-order valence-electron chi connectivity index (χ4n) is 2.70. The molecule has 0 radical (unpaired) electrons. The molecule has 0 saturated carbocycles. The smallest absolute Gasteiger partial charge is 0.228 e. The van der Waals surface area contributed by atoms with Gasteiger partial charge in [-0.2, -0.15) is 0 Å². The van der Waals surface area contributed by atoms with Gasteiger partial charge in [0.05, 0.1) is 0 Å². The van der Waals surface area contributed by atoms with E-state index < -0.39 is 9.96 Å². The lowest BCUT2D eigenvalue weighted by molar-refractivity contribution is -0.121. The molecule has 0 heterocycles. The highest BCUT2D eigenvalue weighted by molar-refractivity contribution is 6.68. The van der Waals surface area contributed by atoms with Crippen molar-refractivity contribution in [1.82, 2.24) is 5.32 Å². The number of unbranched alkanes of at least 4 members (excludes halogenated alkanes) is 6. The molecular formula is C20H30Cl3N3O2. The van der Waals surface area contributed by atoms with Crippen molar-refractivity contribution in [2.24, 2.45) is 0 Å². The van der Waals surface area contributed by atoms with E-state index in [2.05, 4.69) is 22.9 Å². The number of halogens is 3. The summed E-state index contributed by atoms with van der Waals surface area (Å²) in [4.78, 5) is 23.3. The van der Waals surface area contributed by atoms with Crippen LogP contribution in [0.4, 0.5) is 11.4 Å². The Hall–Kier alpha value is -1.17. The summed E-state index contributed by atoms with van der Waals surface area (Å²) in [6.07, 6.45) is 7.45. The molecule has 0 aromatic heterocycles. The number of benzene rings is 1. The monoisotopic (exact) mass is 449 g/mol. The maximum Gasteiger partial charge on any atom is 0.228 e. The first-order valence-electron chi connectivity index (χ1n) is 9.72. The van der Waals surface area contributed by atoms with Crippen LogP contribution in [0.5, 0.6) is 0 Å². The number of nitrogens with one attached hydrogen (secondary N) is 3. The van der Waals surface area contributed by atoms with Crippen LogP contribution < -0.4 is 16.0 Å². The van der Waals surface area contributed by atoms with Gasteiger partial charge in [-0.15, -0.1) is 0 Å². The third kappa shape index (κ3) is 11.0. The molecule has 2 amide bonds. The van der Waals surface area contributed by atoms with E-state index in [1.807, 2.05) is 0 Å². The SMILES string of the molecule is CCCCCCCCCC(=O)NC(Nc1ccc(NC(C)=O)cc1)C(Cl)(Cl)Cl. The Labute approximate surface area is 182 Å². The van der Waals surface area contributed by atoms with Crippen LogP contribution in [-0.4, -0.2) is 21.8 Å². The minimum absolute atomic E-state index is 0.155. The summed E-state index contributed by atoms with van der Waals surface area (Å²) < 4.78 is -1.72. The standard InChI is InChI=1S/C20H30Cl3N3O2/c1-3-4-5-6-7-8-9-10-18(28)26-19(20(21,22)23)25-17-13-11-16(12-14-17)24-15(2)27/h11-14,19,25H,3-10H2,1-2H3,(H,24,27)(H,26,28). The van der Waals surface area contributed by atoms with Crippen LogP contribution in [0.2, 0.25) is 0 Å². The lowest BCUT2D eigenvalue weighted by Crippen LogP contribution is -2.49. The molecule has 1 rings (SSSR count). The van der Waals surface area contributed by atoms with Gasteiger partial charge >= 0.3 is 0 Å². The first-order valence-corrected chi connectivity index (χ1v) is 10.9. The topological polar surface area (TPSA) is 70.2 Å². The van der Waals surface area contributed by atoms with Crippen LogP contribution in [0.15, 0.2) is 24.3 Å². The molecule has 158 valence electrons. The first-order chi connectivity index (χ1) is 13.2. The number of alkyl halides is 3. The summed E-state index contributed by atoms with van der Waals surface area (Å²) in [5, 5.41) is 8.44. The van der Waals surface area contributed by atoms with Crippen LogP contribution in [0.3, 0.4) is 0 Å². The summed E-state index contributed by atoms with van der Waals surface area (Å²) in [6.45, 7) is 3.63. The van der Waals surface area contributed by atoms with Crippen molar-refractivity contribution < 1.29 is 9.59 Å². The second-order valence-electron chi connectivity index (χ2n) is 6.82. The zero-order valence-electron chi connectivity index (χ0n) is 16.5. The zero-order valence-corrected chi connectivity index (χ0v) is 18.8. The molecule has 3 N–H and O–H groups in total. The van der Waals surface area contributed by atoms with Crippen molar-refractivity contribution in [3.05, 3.63) is 24.3 Å². The Morgan fingerprint density at radius 2 is 1.46 bits per heavy atom. The molecule has 0 aliphatic heterocycles. The molecule has 1 aromatic rings. The summed E-state index contributed by atoms with van der Waals surface area (Å²) in [5.41, 5.74) is 1.31. The summed E-state index contributed by atoms with van der Waals surface area (Å²) in [6, 6.07) is 6.91. The minimum Gasteiger partial charge on any atom is -0.362 e. The van der Waals surface area contributed by atoms with Gasteiger partial charge in [-0.25, -0.2) is 0 Å². The molecule has 0 saturated heterocycles. The van der Waals surface area contributed by atoms with Crippen LogP contribution in [-0.2, 0) is 9.59 Å². The Bertz CT molecular complexity index is 604. The molecule has 0 spiro atoms. The maximum atomic E-state index is 12.2. The van der Waals surface area contributed by atoms with Crippen molar-refractivity contribution in [3.8, 4) is 0 Å². The van der Waals surface area contributed by atoms with Crippen molar-refractivity contribution in [2.75, 3.05) is 10.6 Å². The second-order valence-corrected chi connectivity index (χ2v) is 9.19. The van der Waals surface area contributed by atoms with Gasteiger partial charge in [-0.1, -0.05) is 80.3 Å². The fourth-order valence-corrected chi connectivity index (χ4v) is 3.02. The van der Waals surface area contributed by atoms with Crippen LogP contribution in [0.25, 0.3) is 0 Å². The van der Waals surface area contributed by atoms with E-state index in [9.17, 15) is 9.59 Å². The molecule has 1 unspecified atom stereocenters. The quantitative estimate of drug-likeness (QED) is 0.207. The van der Waals surface area contributed by atoms with Crippen molar-refractivity contribution in [1.29, 1.82) is 0 Å². The molecular weight excluding hydrogens is 421 g/mol. The number of anilines is 2. The molecule has 0 bridgehead atoms. The Morgan fingerprint density at radius 1 is 0.929 bits per heavy atom. The average molecular weight is 451 g/mol. The summed E-state index contributed by atoms with van der Waals surface area (Å²) in [5.74, 6) is -0.315. The largest absolute Gasteiger partial charge is 0.362 e. The highest BCUT2D eigenvalue weighted by Crippen LogP contribution is 2.31. The molecule has 5 nitrogen and oxygen atoms in total. The second kappa shape index (κ2) is 13.1. The average Bonchev–Trinajstić information content (AvgIpc) is 2.60. The molecule has 0 aliphatic rings. The normalized spacial score (nSPS) is 12.3. The third-order valence-electron chi connectivity index (χ3n) is 4.16. The van der Waals surface area contributed by atoms with E-state index in [1.54, 1.807) is 24.3 Å². The van der Waals surface area contributed by atoms with E-state index in [0.717, 1.165) is 19.3 Å². The van der Waals surface area contributed by atoms with Gasteiger partial charge in [0, 0.05) is 24.7 Å². The van der Waals surface area contributed by atoms with E-state index in [-0.39, 0.29) is 11.8 Å². The van der Waals surface area contributed by atoms with Crippen LogP contribution in [0, 0.1) is 0 Å². The van der Waals surface area contributed by atoms with Gasteiger partial charge in [0.1, 0.15) is 6.17 Å². The number of hydrogen-bond donors (Lipinski definition) is 3. The van der Waals surface area contributed by atoms with Crippen molar-refractivity contribution in [2.45, 2.75) is 75.2 Å². The zero-order chi connectivity index (χ0) is 21.0. The molecule has 8 heteroatoms. The van der Waals surface area contributed by atoms with Gasteiger partial charge in [-0.05, 0) is 30.7 Å². The van der Waals surface area contributed by atoms with Crippen molar-refractivity contribution >= 4 is 58.0 Å². The highest BCUT2D eigenvalue weighted by atomic mass is 35.6. The third-order valence-corrected chi connectivity index (χ3v) is 4.81. The molecule has 1 aromatic carbocycles. The van der Waals surface area contributed by atoms with E-state index >= 15 is 0 Å². The van der Waals surface area contributed by atoms with Gasteiger partial charge in [0.15, 0.2) is 0 Å². The minimum atomic E-state index is -1.72. The van der Waals surface area contributed by atoms with E-state index in [1.165, 1.54) is 32.6 Å². The maximum absolute atomic E-state index is 12.2. The first kappa shape index (κ1) is 24.9. The molecule has 1 atom stereocenters. The van der Waals surface area contributed by atoms with Gasteiger partial charge in [0.25, 0.3) is 0 Å². The number of carbonyl (C=O) groups excluding carboxylic acids is 2. The summed E-state index contributed by atoms with van der Waals surface area (Å²) in [7, 11) is 0. The molecule has 0 fully saturated rings. The van der Waals surface area contributed by atoms with E-state index in [4.69, 9.17) is 34.8 Å². The fraction of sp³-hybridized carbons (Fsp3) is 0.600. The number of rotatable bonds is 12. The van der Waals surface area contributed by atoms with Gasteiger partial charge in [0.2, 0.25) is 15.6 Å². The summed E-state index contributed by atoms with van der Waals surface area (Å²) >= 11 is 18.1. The van der Waals surface area contributed by atoms with Crippen LogP contribution >= 0.6 is 34.8 Å². The number of amides is 2. The predicted octanol–water partition coefficient (Wildman–Crippen LogP) is 6.01. The highest BCUT2D eigenvalue weighted by Gasteiger charge is 2.33. The number of carbonyl (C=O) groups is 2. The Morgan fingerprint density at radius 3 is 2.00 bits per heavy atom. The van der Waals surface area contributed by atoms with E-state index in [0.29, 0.717) is 17.8 Å². The van der Waals surface area contributed by atoms with Gasteiger partial charge < -0.3 is 16.0 Å². The lowest BCUT2D eigenvalue weighted by Gasteiger charge is -2.27. The molecule has 28 heavy (non-hydrogen) atoms. The Balaban J connectivity index is 2.48. The predicted molar refractivity (Wildman–Crippen MR) is 119 cm³/mol. The lowest BCUT2D eigenvalue weighted by atomic mass is 10.1.